The number of rotatable bonds is 8. The quantitative estimate of drug-likeness (QED) is 0.252. The standard InChI is InChI=1S/C18H30ClN5O.HI/c1-4-20-18(24(3)13-16-11-15(19)12-23(16)2)22-10-6-9-21-17(25)14-7-5-8-14;/h11-12,14H,4-10,13H2,1-3H3,(H,20,22)(H,21,25);1H. The molecule has 2 N–H and O–H groups in total. The molecule has 0 bridgehead atoms. The number of aryl methyl sites for hydroxylation is 1. The molecule has 0 aromatic carbocycles. The zero-order valence-corrected chi connectivity index (χ0v) is 19.0. The van der Waals surface area contributed by atoms with Gasteiger partial charge in [0.15, 0.2) is 5.96 Å². The average molecular weight is 496 g/mol. The van der Waals surface area contributed by atoms with Crippen molar-refractivity contribution >= 4 is 47.4 Å². The van der Waals surface area contributed by atoms with Gasteiger partial charge in [-0.3, -0.25) is 9.79 Å². The Hall–Kier alpha value is -0.960. The smallest absolute Gasteiger partial charge is 0.223 e. The molecule has 6 nitrogen and oxygen atoms in total. The first-order chi connectivity index (χ1) is 12.0. The van der Waals surface area contributed by atoms with Gasteiger partial charge < -0.3 is 20.1 Å². The molecule has 0 unspecified atom stereocenters. The van der Waals surface area contributed by atoms with Crippen LogP contribution in [0.4, 0.5) is 0 Å². The number of halogens is 2. The van der Waals surface area contributed by atoms with Gasteiger partial charge in [0.1, 0.15) is 0 Å². The van der Waals surface area contributed by atoms with E-state index in [0.717, 1.165) is 49.0 Å². The van der Waals surface area contributed by atoms with Gasteiger partial charge in [-0.1, -0.05) is 18.0 Å². The van der Waals surface area contributed by atoms with Crippen LogP contribution in [0.25, 0.3) is 0 Å². The van der Waals surface area contributed by atoms with Crippen molar-refractivity contribution in [2.24, 2.45) is 18.0 Å². The van der Waals surface area contributed by atoms with Crippen molar-refractivity contribution in [3.05, 3.63) is 23.0 Å². The SMILES string of the molecule is CCNC(=NCCCNC(=O)C1CCC1)N(C)Cc1cc(Cl)cn1C.I. The summed E-state index contributed by atoms with van der Waals surface area (Å²) >= 11 is 6.05. The van der Waals surface area contributed by atoms with Crippen molar-refractivity contribution in [1.82, 2.24) is 20.1 Å². The van der Waals surface area contributed by atoms with Gasteiger partial charge in [-0.15, -0.1) is 24.0 Å². The number of nitrogens with zero attached hydrogens (tertiary/aromatic N) is 3. The van der Waals surface area contributed by atoms with Crippen molar-refractivity contribution in [3.8, 4) is 0 Å². The number of aliphatic imine (C=N–C) groups is 1. The Kier molecular flexibility index (Phi) is 10.4. The molecule has 148 valence electrons. The number of hydrogen-bond donors (Lipinski definition) is 2. The third kappa shape index (κ3) is 6.98. The maximum Gasteiger partial charge on any atom is 0.223 e. The lowest BCUT2D eigenvalue weighted by Gasteiger charge is -2.24. The molecule has 2 rings (SSSR count). The van der Waals surface area contributed by atoms with Gasteiger partial charge >= 0.3 is 0 Å². The van der Waals surface area contributed by atoms with Gasteiger partial charge in [-0.25, -0.2) is 0 Å². The van der Waals surface area contributed by atoms with Crippen LogP contribution in [0.5, 0.6) is 0 Å². The minimum absolute atomic E-state index is 0. The summed E-state index contributed by atoms with van der Waals surface area (Å²) in [6.07, 6.45) is 6.02. The predicted molar refractivity (Wildman–Crippen MR) is 118 cm³/mol. The van der Waals surface area contributed by atoms with Crippen molar-refractivity contribution in [3.63, 3.8) is 0 Å². The summed E-state index contributed by atoms with van der Waals surface area (Å²) < 4.78 is 2.03. The highest BCUT2D eigenvalue weighted by atomic mass is 127. The summed E-state index contributed by atoms with van der Waals surface area (Å²) in [4.78, 5) is 18.5. The Labute approximate surface area is 178 Å². The third-order valence-electron chi connectivity index (χ3n) is 4.54. The van der Waals surface area contributed by atoms with Crippen LogP contribution < -0.4 is 10.6 Å². The molecule has 0 atom stereocenters. The molecule has 1 fully saturated rings. The number of hydrogen-bond acceptors (Lipinski definition) is 2. The van der Waals surface area contributed by atoms with Crippen molar-refractivity contribution in [2.45, 2.75) is 39.2 Å². The van der Waals surface area contributed by atoms with Crippen LogP contribution in [-0.2, 0) is 18.4 Å². The normalized spacial score (nSPS) is 14.4. The molecule has 1 aromatic rings. The number of aromatic nitrogens is 1. The molecule has 0 spiro atoms. The Bertz CT molecular complexity index is 600. The Morgan fingerprint density at radius 1 is 1.42 bits per heavy atom. The second-order valence-electron chi connectivity index (χ2n) is 6.62. The van der Waals surface area contributed by atoms with Crippen molar-refractivity contribution < 1.29 is 4.79 Å². The summed E-state index contributed by atoms with van der Waals surface area (Å²) in [5.41, 5.74) is 1.13. The van der Waals surface area contributed by atoms with E-state index in [0.29, 0.717) is 13.1 Å². The summed E-state index contributed by atoms with van der Waals surface area (Å²) in [6.45, 7) is 4.98. The highest BCUT2D eigenvalue weighted by Gasteiger charge is 2.24. The van der Waals surface area contributed by atoms with Crippen LogP contribution in [-0.4, -0.2) is 48.0 Å². The molecule has 0 saturated heterocycles. The van der Waals surface area contributed by atoms with E-state index in [-0.39, 0.29) is 35.8 Å². The number of carbonyl (C=O) groups is 1. The number of amides is 1. The average Bonchev–Trinajstić information content (AvgIpc) is 2.81. The zero-order valence-electron chi connectivity index (χ0n) is 15.9. The summed E-state index contributed by atoms with van der Waals surface area (Å²) in [5.74, 6) is 1.33. The lowest BCUT2D eigenvalue weighted by molar-refractivity contribution is -0.127. The van der Waals surface area contributed by atoms with Gasteiger partial charge in [-0.2, -0.15) is 0 Å². The van der Waals surface area contributed by atoms with E-state index in [4.69, 9.17) is 11.6 Å². The summed E-state index contributed by atoms with van der Waals surface area (Å²) in [7, 11) is 4.00. The lowest BCUT2D eigenvalue weighted by Crippen LogP contribution is -2.39. The first-order valence-electron chi connectivity index (χ1n) is 9.09. The third-order valence-corrected chi connectivity index (χ3v) is 4.75. The van der Waals surface area contributed by atoms with Crippen LogP contribution in [0, 0.1) is 5.92 Å². The highest BCUT2D eigenvalue weighted by molar-refractivity contribution is 14.0. The molecule has 0 radical (unpaired) electrons. The Balaban J connectivity index is 0.00000338. The van der Waals surface area contributed by atoms with Gasteiger partial charge in [0.2, 0.25) is 5.91 Å². The molecular weight excluding hydrogens is 465 g/mol. The molecule has 1 aliphatic carbocycles. The van der Waals surface area contributed by atoms with Gasteiger partial charge in [0.05, 0.1) is 11.6 Å². The molecule has 1 aromatic heterocycles. The van der Waals surface area contributed by atoms with Crippen LogP contribution >= 0.6 is 35.6 Å². The molecule has 1 saturated carbocycles. The fourth-order valence-electron chi connectivity index (χ4n) is 2.80. The summed E-state index contributed by atoms with van der Waals surface area (Å²) in [6, 6.07) is 1.97. The minimum atomic E-state index is 0. The van der Waals surface area contributed by atoms with E-state index in [9.17, 15) is 4.79 Å². The van der Waals surface area contributed by atoms with E-state index in [1.807, 2.05) is 30.9 Å². The molecular formula is C18H31ClIN5O. The molecule has 1 amide bonds. The van der Waals surface area contributed by atoms with E-state index in [1.165, 1.54) is 6.42 Å². The Morgan fingerprint density at radius 2 is 2.15 bits per heavy atom. The lowest BCUT2D eigenvalue weighted by atomic mass is 9.85. The van der Waals surface area contributed by atoms with Crippen LogP contribution in [0.2, 0.25) is 5.02 Å². The molecule has 1 heterocycles. The van der Waals surface area contributed by atoms with Crippen LogP contribution in [0.3, 0.4) is 0 Å². The number of guanidine groups is 1. The topological polar surface area (TPSA) is 61.7 Å². The maximum atomic E-state index is 11.8. The second-order valence-corrected chi connectivity index (χ2v) is 7.06. The minimum Gasteiger partial charge on any atom is -0.357 e. The van der Waals surface area contributed by atoms with Crippen molar-refractivity contribution in [2.75, 3.05) is 26.7 Å². The van der Waals surface area contributed by atoms with Gasteiger partial charge in [-0.05, 0) is 32.3 Å². The molecule has 26 heavy (non-hydrogen) atoms. The Morgan fingerprint density at radius 3 is 2.69 bits per heavy atom. The maximum absolute atomic E-state index is 11.8. The number of carbonyl (C=O) groups excluding carboxylic acids is 1. The zero-order chi connectivity index (χ0) is 18.2. The highest BCUT2D eigenvalue weighted by Crippen LogP contribution is 2.26. The molecule has 8 heteroatoms. The van der Waals surface area contributed by atoms with E-state index < -0.39 is 0 Å². The molecule has 0 aliphatic heterocycles. The first kappa shape index (κ1) is 23.1. The van der Waals surface area contributed by atoms with E-state index >= 15 is 0 Å². The monoisotopic (exact) mass is 495 g/mol. The largest absolute Gasteiger partial charge is 0.357 e. The van der Waals surface area contributed by atoms with E-state index in [2.05, 4.69) is 27.4 Å². The van der Waals surface area contributed by atoms with E-state index in [1.54, 1.807) is 0 Å². The predicted octanol–water partition coefficient (Wildman–Crippen LogP) is 3.00. The van der Waals surface area contributed by atoms with Crippen molar-refractivity contribution in [1.29, 1.82) is 0 Å². The van der Waals surface area contributed by atoms with Gasteiger partial charge in [0, 0.05) is 51.5 Å². The second kappa shape index (κ2) is 11.7. The summed E-state index contributed by atoms with van der Waals surface area (Å²) in [5, 5.41) is 7.07. The number of nitrogens with one attached hydrogen (secondary N) is 2. The van der Waals surface area contributed by atoms with Crippen LogP contribution in [0.15, 0.2) is 17.3 Å². The molecule has 1 aliphatic rings. The fourth-order valence-corrected chi connectivity index (χ4v) is 3.07. The van der Waals surface area contributed by atoms with Crippen LogP contribution in [0.1, 0.15) is 38.3 Å². The fraction of sp³-hybridized carbons (Fsp3) is 0.667. The van der Waals surface area contributed by atoms with Gasteiger partial charge in [0.25, 0.3) is 0 Å². The first-order valence-corrected chi connectivity index (χ1v) is 9.47.